The van der Waals surface area contributed by atoms with Crippen molar-refractivity contribution in [2.24, 2.45) is 0 Å². The van der Waals surface area contributed by atoms with Gasteiger partial charge in [0.2, 0.25) is 0 Å². The summed E-state index contributed by atoms with van der Waals surface area (Å²) in [6, 6.07) is 10.1. The molecule has 4 nitrogen and oxygen atoms in total. The number of nitriles is 2. The van der Waals surface area contributed by atoms with Crippen LogP contribution in [-0.4, -0.2) is 30.6 Å². The maximum Gasteiger partial charge on any atom is 0.103 e. The minimum absolute atomic E-state index is 0.334. The van der Waals surface area contributed by atoms with Crippen LogP contribution < -0.4 is 5.32 Å². The number of halogens is 1. The van der Waals surface area contributed by atoms with Crippen molar-refractivity contribution in [1.82, 2.24) is 4.90 Å². The molecule has 0 saturated carbocycles. The van der Waals surface area contributed by atoms with E-state index in [-0.39, 0.29) is 0 Å². The van der Waals surface area contributed by atoms with Crippen LogP contribution >= 0.6 is 11.6 Å². The first-order chi connectivity index (χ1) is 9.24. The van der Waals surface area contributed by atoms with Crippen molar-refractivity contribution >= 4 is 17.3 Å². The maximum absolute atomic E-state index is 9.12. The van der Waals surface area contributed by atoms with E-state index in [1.165, 1.54) is 0 Å². The second kappa shape index (κ2) is 6.43. The smallest absolute Gasteiger partial charge is 0.103 e. The molecule has 1 aliphatic rings. The minimum Gasteiger partial charge on any atom is -0.381 e. The highest BCUT2D eigenvalue weighted by Gasteiger charge is 2.19. The SMILES string of the molecule is N#CCN1CCC(Nc2cccc(Cl)c2C#N)CC1. The number of benzene rings is 1. The highest BCUT2D eigenvalue weighted by atomic mass is 35.5. The van der Waals surface area contributed by atoms with Gasteiger partial charge in [0.25, 0.3) is 0 Å². The Hall–Kier alpha value is -1.75. The average Bonchev–Trinajstić information content (AvgIpc) is 2.42. The monoisotopic (exact) mass is 274 g/mol. The van der Waals surface area contributed by atoms with Gasteiger partial charge in [-0.1, -0.05) is 17.7 Å². The van der Waals surface area contributed by atoms with Crippen molar-refractivity contribution in [2.45, 2.75) is 18.9 Å². The molecule has 5 heteroatoms. The molecular formula is C14H15ClN4. The maximum atomic E-state index is 9.12. The zero-order chi connectivity index (χ0) is 13.7. The fourth-order valence-corrected chi connectivity index (χ4v) is 2.53. The van der Waals surface area contributed by atoms with Gasteiger partial charge in [-0.2, -0.15) is 10.5 Å². The van der Waals surface area contributed by atoms with Crippen LogP contribution in [0.15, 0.2) is 18.2 Å². The number of hydrogen-bond donors (Lipinski definition) is 1. The molecule has 0 spiro atoms. The van der Waals surface area contributed by atoms with Gasteiger partial charge in [-0.05, 0) is 25.0 Å². The third kappa shape index (κ3) is 3.38. The molecule has 1 saturated heterocycles. The van der Waals surface area contributed by atoms with Gasteiger partial charge in [-0.25, -0.2) is 0 Å². The summed E-state index contributed by atoms with van der Waals surface area (Å²) in [4.78, 5) is 2.14. The highest BCUT2D eigenvalue weighted by Crippen LogP contribution is 2.25. The summed E-state index contributed by atoms with van der Waals surface area (Å²) in [6.07, 6.45) is 1.94. The summed E-state index contributed by atoms with van der Waals surface area (Å²) < 4.78 is 0. The predicted octanol–water partition coefficient (Wildman–Crippen LogP) is 2.61. The molecule has 1 aromatic carbocycles. The summed E-state index contributed by atoms with van der Waals surface area (Å²) in [5.41, 5.74) is 1.30. The van der Waals surface area contributed by atoms with Crippen LogP contribution in [0.4, 0.5) is 5.69 Å². The molecule has 19 heavy (non-hydrogen) atoms. The molecule has 1 fully saturated rings. The first-order valence-electron chi connectivity index (χ1n) is 6.29. The van der Waals surface area contributed by atoms with Crippen LogP contribution in [0.3, 0.4) is 0 Å². The normalized spacial score (nSPS) is 16.6. The predicted molar refractivity (Wildman–Crippen MR) is 74.9 cm³/mol. The number of nitrogens with zero attached hydrogens (tertiary/aromatic N) is 3. The fraction of sp³-hybridized carbons (Fsp3) is 0.429. The van der Waals surface area contributed by atoms with Gasteiger partial charge in [-0.3, -0.25) is 4.90 Å². The second-order valence-electron chi connectivity index (χ2n) is 4.63. The molecule has 1 aliphatic heterocycles. The lowest BCUT2D eigenvalue weighted by Crippen LogP contribution is -2.39. The Morgan fingerprint density at radius 3 is 2.68 bits per heavy atom. The van der Waals surface area contributed by atoms with E-state index >= 15 is 0 Å². The van der Waals surface area contributed by atoms with E-state index < -0.39 is 0 Å². The first kappa shape index (κ1) is 13.7. The Bertz CT molecular complexity index is 521. The average molecular weight is 275 g/mol. The van der Waals surface area contributed by atoms with Crippen molar-refractivity contribution < 1.29 is 0 Å². The number of likely N-dealkylation sites (tertiary alicyclic amines) is 1. The molecule has 1 aromatic rings. The molecule has 0 unspecified atom stereocenters. The van der Waals surface area contributed by atoms with E-state index in [4.69, 9.17) is 22.1 Å². The zero-order valence-corrected chi connectivity index (χ0v) is 11.3. The molecule has 0 radical (unpaired) electrons. The number of nitrogens with one attached hydrogen (secondary N) is 1. The third-order valence-corrected chi connectivity index (χ3v) is 3.68. The topological polar surface area (TPSA) is 62.9 Å². The first-order valence-corrected chi connectivity index (χ1v) is 6.67. The van der Waals surface area contributed by atoms with Crippen molar-refractivity contribution in [2.75, 3.05) is 25.0 Å². The van der Waals surface area contributed by atoms with Gasteiger partial charge in [0.1, 0.15) is 6.07 Å². The van der Waals surface area contributed by atoms with Crippen molar-refractivity contribution in [3.63, 3.8) is 0 Å². The molecule has 0 bridgehead atoms. The van der Waals surface area contributed by atoms with E-state index in [9.17, 15) is 0 Å². The lowest BCUT2D eigenvalue weighted by molar-refractivity contribution is 0.242. The van der Waals surface area contributed by atoms with Gasteiger partial charge in [0.05, 0.1) is 28.9 Å². The van der Waals surface area contributed by atoms with Gasteiger partial charge in [-0.15, -0.1) is 0 Å². The summed E-state index contributed by atoms with van der Waals surface area (Å²) in [6.45, 7) is 2.31. The minimum atomic E-state index is 0.334. The molecule has 0 aromatic heterocycles. The third-order valence-electron chi connectivity index (χ3n) is 3.37. The van der Waals surface area contributed by atoms with Gasteiger partial charge in [0, 0.05) is 19.1 Å². The Labute approximate surface area is 118 Å². The Morgan fingerprint density at radius 2 is 2.05 bits per heavy atom. The quantitative estimate of drug-likeness (QED) is 0.861. The standard InChI is InChI=1S/C14H15ClN4/c15-13-2-1-3-14(12(13)10-17)18-11-4-7-19(8-5-11)9-6-16/h1-3,11,18H,4-5,7-9H2. The van der Waals surface area contributed by atoms with E-state index in [1.807, 2.05) is 12.1 Å². The molecular weight excluding hydrogens is 260 g/mol. The Kier molecular flexibility index (Phi) is 4.63. The molecule has 0 amide bonds. The van der Waals surface area contributed by atoms with E-state index in [1.54, 1.807) is 6.07 Å². The Morgan fingerprint density at radius 1 is 1.32 bits per heavy atom. The second-order valence-corrected chi connectivity index (χ2v) is 5.03. The van der Waals surface area contributed by atoms with Gasteiger partial charge >= 0.3 is 0 Å². The number of rotatable bonds is 3. The lowest BCUT2D eigenvalue weighted by Gasteiger charge is -2.31. The zero-order valence-electron chi connectivity index (χ0n) is 10.6. The summed E-state index contributed by atoms with van der Waals surface area (Å²) in [5.74, 6) is 0. The lowest BCUT2D eigenvalue weighted by atomic mass is 10.0. The molecule has 0 aliphatic carbocycles. The van der Waals surface area contributed by atoms with Crippen molar-refractivity contribution in [1.29, 1.82) is 10.5 Å². The van der Waals surface area contributed by atoms with Crippen LogP contribution in [-0.2, 0) is 0 Å². The molecule has 1 N–H and O–H groups in total. The molecule has 1 heterocycles. The van der Waals surface area contributed by atoms with Crippen molar-refractivity contribution in [3.8, 4) is 12.1 Å². The highest BCUT2D eigenvalue weighted by molar-refractivity contribution is 6.32. The molecule has 2 rings (SSSR count). The van der Waals surface area contributed by atoms with Crippen LogP contribution in [0.25, 0.3) is 0 Å². The molecule has 0 atom stereocenters. The van der Waals surface area contributed by atoms with Gasteiger partial charge in [0.15, 0.2) is 0 Å². The van der Waals surface area contributed by atoms with E-state index in [0.717, 1.165) is 31.6 Å². The molecule has 98 valence electrons. The summed E-state index contributed by atoms with van der Waals surface area (Å²) in [7, 11) is 0. The number of hydrogen-bond acceptors (Lipinski definition) is 4. The summed E-state index contributed by atoms with van der Waals surface area (Å²) in [5, 5.41) is 21.7. The van der Waals surface area contributed by atoms with Crippen LogP contribution in [0, 0.1) is 22.7 Å². The largest absolute Gasteiger partial charge is 0.381 e. The van der Waals surface area contributed by atoms with Crippen LogP contribution in [0.1, 0.15) is 18.4 Å². The van der Waals surface area contributed by atoms with Crippen molar-refractivity contribution in [3.05, 3.63) is 28.8 Å². The summed E-state index contributed by atoms with van der Waals surface area (Å²) >= 11 is 6.00. The van der Waals surface area contributed by atoms with E-state index in [2.05, 4.69) is 22.4 Å². The number of anilines is 1. The number of piperidine rings is 1. The van der Waals surface area contributed by atoms with Crippen LogP contribution in [0.2, 0.25) is 5.02 Å². The van der Waals surface area contributed by atoms with E-state index in [0.29, 0.717) is 23.2 Å². The van der Waals surface area contributed by atoms with Gasteiger partial charge < -0.3 is 5.32 Å². The Balaban J connectivity index is 1.99. The van der Waals surface area contributed by atoms with Crippen LogP contribution in [0.5, 0.6) is 0 Å². The fourth-order valence-electron chi connectivity index (χ4n) is 2.31.